The van der Waals surface area contributed by atoms with E-state index in [1.54, 1.807) is 0 Å². The summed E-state index contributed by atoms with van der Waals surface area (Å²) in [5.41, 5.74) is 0.960. The van der Waals surface area contributed by atoms with Crippen molar-refractivity contribution >= 4 is 11.9 Å². The zero-order valence-corrected chi connectivity index (χ0v) is 12.0. The Balaban J connectivity index is 1.97. The highest BCUT2D eigenvalue weighted by molar-refractivity contribution is 5.93. The molecule has 3 amide bonds. The number of carbonyl (C=O) groups excluding carboxylic acids is 2. The molecule has 1 N–H and O–H groups in total. The molecule has 0 saturated heterocycles. The molecule has 2 rings (SSSR count). The first-order valence-electron chi connectivity index (χ1n) is 7.29. The Bertz CT molecular complexity index is 453. The van der Waals surface area contributed by atoms with E-state index < -0.39 is 0 Å². The fourth-order valence-electron chi connectivity index (χ4n) is 2.59. The van der Waals surface area contributed by atoms with Crippen LogP contribution in [0.3, 0.4) is 0 Å². The van der Waals surface area contributed by atoms with E-state index in [9.17, 15) is 9.59 Å². The minimum absolute atomic E-state index is 0.217. The normalized spacial score (nSPS) is 15.7. The van der Waals surface area contributed by atoms with Crippen LogP contribution in [-0.2, 0) is 11.3 Å². The first-order chi connectivity index (χ1) is 9.66. The smallest absolute Gasteiger partial charge is 0.324 e. The largest absolute Gasteiger partial charge is 0.335 e. The minimum atomic E-state index is -0.270. The number of nitrogens with one attached hydrogen (secondary N) is 1. The Kier molecular flexibility index (Phi) is 5.16. The van der Waals surface area contributed by atoms with Crippen LogP contribution in [0.1, 0.15) is 44.6 Å². The molecule has 1 saturated carbocycles. The zero-order chi connectivity index (χ0) is 14.4. The summed E-state index contributed by atoms with van der Waals surface area (Å²) in [6, 6.07) is 9.53. The molecule has 0 heterocycles. The molecule has 1 aromatic carbocycles. The maximum absolute atomic E-state index is 12.3. The molecule has 0 atom stereocenters. The predicted octanol–water partition coefficient (Wildman–Crippen LogP) is 3.08. The summed E-state index contributed by atoms with van der Waals surface area (Å²) in [7, 11) is 0. The van der Waals surface area contributed by atoms with Crippen molar-refractivity contribution in [2.24, 2.45) is 0 Å². The van der Waals surface area contributed by atoms with Crippen molar-refractivity contribution in [2.75, 3.05) is 0 Å². The molecule has 4 heteroatoms. The summed E-state index contributed by atoms with van der Waals surface area (Å²) >= 11 is 0. The standard InChI is InChI=1S/C16H22N2O2/c1-13(19)18(12-14-8-4-2-5-9-14)16(20)17-15-10-6-3-7-11-15/h2,4-5,8-9,15H,3,6-7,10-12H2,1H3,(H,17,20). The van der Waals surface area contributed by atoms with Gasteiger partial charge in [0, 0.05) is 13.0 Å². The summed E-state index contributed by atoms with van der Waals surface area (Å²) in [4.78, 5) is 25.2. The predicted molar refractivity (Wildman–Crippen MR) is 78.1 cm³/mol. The Hall–Kier alpha value is -1.84. The molecule has 0 radical (unpaired) electrons. The van der Waals surface area contributed by atoms with Crippen molar-refractivity contribution in [1.29, 1.82) is 0 Å². The van der Waals surface area contributed by atoms with Gasteiger partial charge in [-0.15, -0.1) is 0 Å². The number of urea groups is 1. The number of hydrogen-bond donors (Lipinski definition) is 1. The van der Waals surface area contributed by atoms with Crippen molar-refractivity contribution in [1.82, 2.24) is 10.2 Å². The fraction of sp³-hybridized carbons (Fsp3) is 0.500. The van der Waals surface area contributed by atoms with E-state index in [-0.39, 0.29) is 18.0 Å². The number of amides is 3. The van der Waals surface area contributed by atoms with E-state index in [0.717, 1.165) is 31.2 Å². The van der Waals surface area contributed by atoms with Gasteiger partial charge in [-0.2, -0.15) is 0 Å². The monoisotopic (exact) mass is 274 g/mol. The first kappa shape index (κ1) is 14.6. The van der Waals surface area contributed by atoms with E-state index in [1.807, 2.05) is 30.3 Å². The molecule has 0 aromatic heterocycles. The van der Waals surface area contributed by atoms with Gasteiger partial charge in [0.25, 0.3) is 0 Å². The molecule has 1 fully saturated rings. The maximum atomic E-state index is 12.3. The number of hydrogen-bond acceptors (Lipinski definition) is 2. The van der Waals surface area contributed by atoms with Crippen molar-refractivity contribution in [2.45, 2.75) is 51.6 Å². The molecule has 0 spiro atoms. The van der Waals surface area contributed by atoms with Crippen molar-refractivity contribution in [3.05, 3.63) is 35.9 Å². The highest BCUT2D eigenvalue weighted by atomic mass is 16.2. The van der Waals surface area contributed by atoms with Gasteiger partial charge in [0.05, 0.1) is 6.54 Å². The third-order valence-electron chi connectivity index (χ3n) is 3.74. The molecule has 1 aliphatic rings. The van der Waals surface area contributed by atoms with Gasteiger partial charge in [-0.05, 0) is 18.4 Å². The van der Waals surface area contributed by atoms with Gasteiger partial charge >= 0.3 is 6.03 Å². The van der Waals surface area contributed by atoms with Gasteiger partial charge in [-0.1, -0.05) is 49.6 Å². The van der Waals surface area contributed by atoms with Crippen LogP contribution in [-0.4, -0.2) is 22.9 Å². The second kappa shape index (κ2) is 7.08. The van der Waals surface area contributed by atoms with Gasteiger partial charge in [-0.3, -0.25) is 9.69 Å². The maximum Gasteiger partial charge on any atom is 0.324 e. The molecule has 4 nitrogen and oxygen atoms in total. The van der Waals surface area contributed by atoms with Crippen LogP contribution in [0.2, 0.25) is 0 Å². The lowest BCUT2D eigenvalue weighted by Gasteiger charge is -2.26. The van der Waals surface area contributed by atoms with Gasteiger partial charge in [-0.25, -0.2) is 4.79 Å². The van der Waals surface area contributed by atoms with Crippen LogP contribution in [0.4, 0.5) is 4.79 Å². The van der Waals surface area contributed by atoms with Crippen LogP contribution < -0.4 is 5.32 Å². The van der Waals surface area contributed by atoms with Crippen LogP contribution in [0.15, 0.2) is 30.3 Å². The molecule has 20 heavy (non-hydrogen) atoms. The van der Waals surface area contributed by atoms with E-state index in [4.69, 9.17) is 0 Å². The number of imide groups is 1. The summed E-state index contributed by atoms with van der Waals surface area (Å²) in [6.45, 7) is 1.76. The fourth-order valence-corrected chi connectivity index (χ4v) is 2.59. The van der Waals surface area contributed by atoms with E-state index in [2.05, 4.69) is 5.32 Å². The lowest BCUT2D eigenvalue weighted by Crippen LogP contribution is -2.47. The van der Waals surface area contributed by atoms with Crippen LogP contribution >= 0.6 is 0 Å². The molecule has 108 valence electrons. The number of rotatable bonds is 3. The summed E-state index contributed by atoms with van der Waals surface area (Å²) < 4.78 is 0. The molecule has 0 bridgehead atoms. The lowest BCUT2D eigenvalue weighted by molar-refractivity contribution is -0.126. The highest BCUT2D eigenvalue weighted by Crippen LogP contribution is 2.18. The molecular weight excluding hydrogens is 252 g/mol. The Morgan fingerprint density at radius 1 is 1.15 bits per heavy atom. The number of nitrogens with zero attached hydrogens (tertiary/aromatic N) is 1. The molecule has 1 aromatic rings. The second-order valence-corrected chi connectivity index (χ2v) is 5.38. The van der Waals surface area contributed by atoms with Crippen LogP contribution in [0, 0.1) is 0 Å². The Labute approximate surface area is 120 Å². The molecule has 0 aliphatic heterocycles. The van der Waals surface area contributed by atoms with Gasteiger partial charge < -0.3 is 5.32 Å². The third-order valence-corrected chi connectivity index (χ3v) is 3.74. The quantitative estimate of drug-likeness (QED) is 0.920. The number of carbonyl (C=O) groups is 2. The molecule has 0 unspecified atom stereocenters. The van der Waals surface area contributed by atoms with Gasteiger partial charge in [0.1, 0.15) is 0 Å². The van der Waals surface area contributed by atoms with Gasteiger partial charge in [0.15, 0.2) is 0 Å². The SMILES string of the molecule is CC(=O)N(Cc1ccccc1)C(=O)NC1CCCCC1. The summed E-state index contributed by atoms with van der Waals surface area (Å²) in [5, 5.41) is 2.99. The Morgan fingerprint density at radius 2 is 1.80 bits per heavy atom. The van der Waals surface area contributed by atoms with Crippen molar-refractivity contribution in [3.63, 3.8) is 0 Å². The van der Waals surface area contributed by atoms with Gasteiger partial charge in [0.2, 0.25) is 5.91 Å². The highest BCUT2D eigenvalue weighted by Gasteiger charge is 2.22. The topological polar surface area (TPSA) is 49.4 Å². The second-order valence-electron chi connectivity index (χ2n) is 5.38. The van der Waals surface area contributed by atoms with E-state index in [1.165, 1.54) is 18.2 Å². The van der Waals surface area contributed by atoms with Crippen molar-refractivity contribution in [3.8, 4) is 0 Å². The zero-order valence-electron chi connectivity index (χ0n) is 12.0. The summed E-state index contributed by atoms with van der Waals surface area (Å²) in [6.07, 6.45) is 5.59. The first-order valence-corrected chi connectivity index (χ1v) is 7.29. The van der Waals surface area contributed by atoms with Crippen molar-refractivity contribution < 1.29 is 9.59 Å². The molecule has 1 aliphatic carbocycles. The average Bonchev–Trinajstić information content (AvgIpc) is 2.46. The Morgan fingerprint density at radius 3 is 2.40 bits per heavy atom. The lowest BCUT2D eigenvalue weighted by atomic mass is 9.96. The minimum Gasteiger partial charge on any atom is -0.335 e. The van der Waals surface area contributed by atoms with Crippen LogP contribution in [0.25, 0.3) is 0 Å². The average molecular weight is 274 g/mol. The third kappa shape index (κ3) is 4.08. The molecular formula is C16H22N2O2. The van der Waals surface area contributed by atoms with E-state index in [0.29, 0.717) is 6.54 Å². The number of benzene rings is 1. The van der Waals surface area contributed by atoms with E-state index >= 15 is 0 Å². The van der Waals surface area contributed by atoms with Crippen LogP contribution in [0.5, 0.6) is 0 Å². The summed E-state index contributed by atoms with van der Waals surface area (Å²) in [5.74, 6) is -0.220.